The Morgan fingerprint density at radius 3 is 2.86 bits per heavy atom. The van der Waals surface area contributed by atoms with Crippen molar-refractivity contribution in [2.24, 2.45) is 0 Å². The van der Waals surface area contributed by atoms with Gasteiger partial charge in [0.15, 0.2) is 0 Å². The molecule has 2 rings (SSSR count). The van der Waals surface area contributed by atoms with Gasteiger partial charge in [0, 0.05) is 19.3 Å². The average Bonchev–Trinajstić information content (AvgIpc) is 2.86. The summed E-state index contributed by atoms with van der Waals surface area (Å²) in [5, 5.41) is 19.6. The van der Waals surface area contributed by atoms with Crippen LogP contribution in [0.2, 0.25) is 0 Å². The zero-order chi connectivity index (χ0) is 16.1. The van der Waals surface area contributed by atoms with Crippen LogP contribution in [0.1, 0.15) is 13.3 Å². The van der Waals surface area contributed by atoms with E-state index >= 15 is 0 Å². The number of carboxylic acids is 1. The summed E-state index contributed by atoms with van der Waals surface area (Å²) in [6.45, 7) is 2.63. The number of anilines is 1. The van der Waals surface area contributed by atoms with Gasteiger partial charge in [-0.25, -0.2) is 4.68 Å². The van der Waals surface area contributed by atoms with Crippen LogP contribution in [0.25, 0.3) is 11.0 Å². The van der Waals surface area contributed by atoms with Crippen LogP contribution in [-0.4, -0.2) is 52.1 Å². The fraction of sp³-hybridized carbons (Fsp3) is 0.429. The van der Waals surface area contributed by atoms with Crippen LogP contribution < -0.4 is 10.2 Å². The number of likely N-dealkylation sites (N-methyl/N-ethyl adjacent to an activating group) is 1. The number of nitrogens with one attached hydrogen (secondary N) is 1. The molecule has 22 heavy (non-hydrogen) atoms. The second-order valence-electron chi connectivity index (χ2n) is 5.02. The maximum Gasteiger partial charge on any atom is 0.323 e. The lowest BCUT2D eigenvalue weighted by Gasteiger charge is -2.16. The van der Waals surface area contributed by atoms with Crippen molar-refractivity contribution in [1.29, 1.82) is 0 Å². The van der Waals surface area contributed by atoms with Gasteiger partial charge < -0.3 is 15.3 Å². The van der Waals surface area contributed by atoms with Crippen LogP contribution in [0.4, 0.5) is 5.69 Å². The van der Waals surface area contributed by atoms with E-state index in [0.29, 0.717) is 12.1 Å². The van der Waals surface area contributed by atoms with Crippen molar-refractivity contribution >= 4 is 28.6 Å². The number of aromatic nitrogens is 3. The van der Waals surface area contributed by atoms with Crippen molar-refractivity contribution < 1.29 is 14.7 Å². The van der Waals surface area contributed by atoms with Crippen molar-refractivity contribution in [1.82, 2.24) is 20.3 Å². The second-order valence-corrected chi connectivity index (χ2v) is 5.02. The molecule has 0 bridgehead atoms. The van der Waals surface area contributed by atoms with Gasteiger partial charge in [0.05, 0.1) is 5.52 Å². The minimum Gasteiger partial charge on any atom is -0.480 e. The van der Waals surface area contributed by atoms with E-state index in [2.05, 4.69) is 15.6 Å². The molecule has 0 saturated carbocycles. The van der Waals surface area contributed by atoms with Crippen molar-refractivity contribution in [3.8, 4) is 0 Å². The van der Waals surface area contributed by atoms with Crippen LogP contribution in [0.15, 0.2) is 18.2 Å². The molecule has 2 aromatic rings. The normalized spacial score (nSPS) is 10.6. The molecule has 1 aromatic heterocycles. The summed E-state index contributed by atoms with van der Waals surface area (Å²) in [7, 11) is 1.69. The molecule has 0 radical (unpaired) electrons. The van der Waals surface area contributed by atoms with Crippen molar-refractivity contribution in [3.05, 3.63) is 18.2 Å². The minimum atomic E-state index is -0.904. The van der Waals surface area contributed by atoms with Crippen LogP contribution in [-0.2, 0) is 16.1 Å². The average molecular weight is 305 g/mol. The fourth-order valence-electron chi connectivity index (χ4n) is 2.07. The summed E-state index contributed by atoms with van der Waals surface area (Å²) < 4.78 is 1.53. The molecular weight excluding hydrogens is 286 g/mol. The molecule has 8 nitrogen and oxygen atoms in total. The van der Waals surface area contributed by atoms with Gasteiger partial charge in [0.25, 0.3) is 0 Å². The van der Waals surface area contributed by atoms with Gasteiger partial charge in [0.1, 0.15) is 18.6 Å². The highest BCUT2D eigenvalue weighted by Gasteiger charge is 2.11. The maximum atomic E-state index is 11.7. The van der Waals surface area contributed by atoms with Gasteiger partial charge in [-0.1, -0.05) is 12.1 Å². The third-order valence-corrected chi connectivity index (χ3v) is 3.18. The summed E-state index contributed by atoms with van der Waals surface area (Å²) in [6.07, 6.45) is 0.878. The Labute approximate surface area is 127 Å². The third-order valence-electron chi connectivity index (χ3n) is 3.18. The lowest BCUT2D eigenvalue weighted by Crippen LogP contribution is -2.28. The highest BCUT2D eigenvalue weighted by atomic mass is 16.4. The Morgan fingerprint density at radius 2 is 2.18 bits per heavy atom. The van der Waals surface area contributed by atoms with Gasteiger partial charge in [0.2, 0.25) is 5.91 Å². The fourth-order valence-corrected chi connectivity index (χ4v) is 2.07. The van der Waals surface area contributed by atoms with Gasteiger partial charge >= 0.3 is 5.97 Å². The largest absolute Gasteiger partial charge is 0.480 e. The van der Waals surface area contributed by atoms with Crippen molar-refractivity contribution in [3.63, 3.8) is 0 Å². The van der Waals surface area contributed by atoms with E-state index in [4.69, 9.17) is 5.11 Å². The Hall–Kier alpha value is -2.64. The first kappa shape index (κ1) is 15.7. The first-order valence-electron chi connectivity index (χ1n) is 7.04. The smallest absolute Gasteiger partial charge is 0.323 e. The molecule has 8 heteroatoms. The zero-order valence-electron chi connectivity index (χ0n) is 12.6. The van der Waals surface area contributed by atoms with E-state index < -0.39 is 5.97 Å². The van der Waals surface area contributed by atoms with Gasteiger partial charge in [-0.05, 0) is 24.6 Å². The van der Waals surface area contributed by atoms with E-state index in [-0.39, 0.29) is 19.0 Å². The predicted molar refractivity (Wildman–Crippen MR) is 81.7 cm³/mol. The highest BCUT2D eigenvalue weighted by molar-refractivity contribution is 5.83. The number of benzene rings is 1. The van der Waals surface area contributed by atoms with E-state index in [0.717, 1.165) is 17.6 Å². The first-order valence-corrected chi connectivity index (χ1v) is 7.04. The molecule has 118 valence electrons. The monoisotopic (exact) mass is 305 g/mol. The predicted octanol–water partition coefficient (Wildman–Crippen LogP) is 0.478. The van der Waals surface area contributed by atoms with E-state index in [1.807, 2.05) is 6.92 Å². The number of hydrogen-bond donors (Lipinski definition) is 2. The highest BCUT2D eigenvalue weighted by Crippen LogP contribution is 2.19. The Balaban J connectivity index is 2.16. The van der Waals surface area contributed by atoms with E-state index in [1.54, 1.807) is 30.1 Å². The zero-order valence-corrected chi connectivity index (χ0v) is 12.6. The number of carbonyl (C=O) groups excluding carboxylic acids is 1. The Bertz CT molecular complexity index is 682. The van der Waals surface area contributed by atoms with Gasteiger partial charge in [-0.2, -0.15) is 0 Å². The van der Waals surface area contributed by atoms with Crippen molar-refractivity contribution in [2.45, 2.75) is 19.9 Å². The molecule has 1 heterocycles. The number of nitrogens with zero attached hydrogens (tertiary/aromatic N) is 4. The number of rotatable bonds is 7. The quantitative estimate of drug-likeness (QED) is 0.771. The molecule has 1 aromatic carbocycles. The SMILES string of the molecule is CCCNC(=O)Cn1nnc2cc(N(C)CC(=O)O)ccc21. The molecule has 2 N–H and O–H groups in total. The van der Waals surface area contributed by atoms with Gasteiger partial charge in [-0.3, -0.25) is 9.59 Å². The molecule has 0 aliphatic carbocycles. The lowest BCUT2D eigenvalue weighted by molar-refractivity contribution is -0.135. The number of fused-ring (bicyclic) bond motifs is 1. The molecular formula is C14H19N5O3. The molecule has 0 spiro atoms. The Kier molecular flexibility index (Phi) is 4.92. The summed E-state index contributed by atoms with van der Waals surface area (Å²) in [6, 6.07) is 5.33. The Morgan fingerprint density at radius 1 is 1.41 bits per heavy atom. The summed E-state index contributed by atoms with van der Waals surface area (Å²) in [5.74, 6) is -1.01. The van der Waals surface area contributed by atoms with Crippen LogP contribution in [0, 0.1) is 0 Å². The molecule has 0 aliphatic rings. The van der Waals surface area contributed by atoms with Gasteiger partial charge in [-0.15, -0.1) is 5.10 Å². The number of hydrogen-bond acceptors (Lipinski definition) is 5. The molecule has 0 atom stereocenters. The topological polar surface area (TPSA) is 100 Å². The number of carboxylic acid groups (broad SMARTS) is 1. The number of amides is 1. The lowest BCUT2D eigenvalue weighted by atomic mass is 10.2. The molecule has 0 saturated heterocycles. The van der Waals surface area contributed by atoms with Crippen LogP contribution >= 0.6 is 0 Å². The second kappa shape index (κ2) is 6.88. The minimum absolute atomic E-state index is 0.0981. The molecule has 0 aliphatic heterocycles. The number of aliphatic carboxylic acids is 1. The van der Waals surface area contributed by atoms with Crippen LogP contribution in [0.5, 0.6) is 0 Å². The standard InChI is InChI=1S/C14H19N5O3/c1-3-6-15-13(20)8-19-12-5-4-10(7-11(12)16-17-19)18(2)9-14(21)22/h4-5,7H,3,6,8-9H2,1-2H3,(H,15,20)(H,21,22). The summed E-state index contributed by atoms with van der Waals surface area (Å²) in [5.41, 5.74) is 2.09. The van der Waals surface area contributed by atoms with E-state index in [9.17, 15) is 9.59 Å². The maximum absolute atomic E-state index is 11.7. The number of carbonyl (C=O) groups is 2. The van der Waals surface area contributed by atoms with Crippen LogP contribution in [0.3, 0.4) is 0 Å². The first-order chi connectivity index (χ1) is 10.5. The van der Waals surface area contributed by atoms with Crippen molar-refractivity contribution in [2.75, 3.05) is 25.0 Å². The third kappa shape index (κ3) is 3.72. The summed E-state index contributed by atoms with van der Waals surface area (Å²) in [4.78, 5) is 24.1. The molecule has 0 fully saturated rings. The van der Waals surface area contributed by atoms with E-state index in [1.165, 1.54) is 4.68 Å². The summed E-state index contributed by atoms with van der Waals surface area (Å²) >= 11 is 0. The molecule has 0 unspecified atom stereocenters. The molecule has 1 amide bonds.